The predicted octanol–water partition coefficient (Wildman–Crippen LogP) is 7.14. The smallest absolute Gasteiger partial charge is 0.198 e. The van der Waals surface area contributed by atoms with Gasteiger partial charge in [-0.1, -0.05) is 84.0 Å². The van der Waals surface area contributed by atoms with E-state index in [-0.39, 0.29) is 0 Å². The summed E-state index contributed by atoms with van der Waals surface area (Å²) in [5.74, 6) is 6.67. The van der Waals surface area contributed by atoms with E-state index >= 15 is 0 Å². The Morgan fingerprint density at radius 3 is 1.22 bits per heavy atom. The fourth-order valence-electron chi connectivity index (χ4n) is 2.82. The molecule has 0 saturated heterocycles. The summed E-state index contributed by atoms with van der Waals surface area (Å²) < 4.78 is 0. The van der Waals surface area contributed by atoms with Crippen molar-refractivity contribution in [1.82, 2.24) is 0 Å². The molecule has 1 heteroatoms. The van der Waals surface area contributed by atoms with Crippen molar-refractivity contribution in [1.29, 1.82) is 0 Å². The van der Waals surface area contributed by atoms with Gasteiger partial charge in [-0.3, -0.25) is 4.79 Å². The molecule has 0 spiro atoms. The first-order chi connectivity index (χ1) is 11.4. The van der Waals surface area contributed by atoms with Crippen LogP contribution in [0.5, 0.6) is 0 Å². The van der Waals surface area contributed by atoms with Gasteiger partial charge in [0.25, 0.3) is 0 Å². The second kappa shape index (κ2) is 21.2. The van der Waals surface area contributed by atoms with Gasteiger partial charge in [-0.15, -0.1) is 11.8 Å². The highest BCUT2D eigenvalue weighted by Crippen LogP contribution is 2.11. The zero-order valence-electron chi connectivity index (χ0n) is 15.6. The molecule has 0 unspecified atom stereocenters. The van der Waals surface area contributed by atoms with E-state index in [4.69, 9.17) is 0 Å². The van der Waals surface area contributed by atoms with E-state index in [2.05, 4.69) is 18.8 Å². The minimum Gasteiger partial charge on any atom is -0.291 e. The van der Waals surface area contributed by atoms with E-state index in [0.717, 1.165) is 19.3 Å². The average molecular weight is 320 g/mol. The lowest BCUT2D eigenvalue weighted by Gasteiger charge is -2.00. The summed E-state index contributed by atoms with van der Waals surface area (Å²) >= 11 is 0. The van der Waals surface area contributed by atoms with E-state index < -0.39 is 0 Å². The molecule has 0 aliphatic rings. The van der Waals surface area contributed by atoms with Crippen molar-refractivity contribution in [2.45, 2.75) is 122 Å². The third-order valence-corrected chi connectivity index (χ3v) is 4.36. The molecule has 0 heterocycles. The van der Waals surface area contributed by atoms with E-state index in [1.807, 2.05) is 6.29 Å². The number of carbonyl (C=O) groups excluding carboxylic acids is 1. The Bertz CT molecular complexity index is 284. The summed E-state index contributed by atoms with van der Waals surface area (Å²) in [4.78, 5) is 10.1. The number of hydrogen-bond donors (Lipinski definition) is 0. The van der Waals surface area contributed by atoms with Gasteiger partial charge in [-0.2, -0.15) is 0 Å². The van der Waals surface area contributed by atoms with Crippen LogP contribution in [0.25, 0.3) is 0 Å². The van der Waals surface area contributed by atoms with Crippen LogP contribution < -0.4 is 0 Å². The van der Waals surface area contributed by atoms with E-state index in [1.54, 1.807) is 0 Å². The lowest BCUT2D eigenvalue weighted by atomic mass is 10.1. The molecular weight excluding hydrogens is 280 g/mol. The molecule has 133 valence electrons. The fraction of sp³-hybridized carbons (Fsp3) is 0.864. The molecule has 0 rings (SSSR count). The first kappa shape index (κ1) is 22.2. The van der Waals surface area contributed by atoms with Crippen molar-refractivity contribution in [3.63, 3.8) is 0 Å². The van der Waals surface area contributed by atoms with Crippen molar-refractivity contribution in [2.75, 3.05) is 0 Å². The number of rotatable bonds is 17. The monoisotopic (exact) mass is 319 g/mol. The molecule has 0 aromatic rings. The highest BCUT2D eigenvalue weighted by Gasteiger charge is 1.92. The van der Waals surface area contributed by atoms with Crippen molar-refractivity contribution < 1.29 is 4.79 Å². The normalized spacial score (nSPS) is 10.3. The van der Waals surface area contributed by atoms with E-state index in [9.17, 15) is 4.79 Å². The van der Waals surface area contributed by atoms with Crippen LogP contribution in [-0.4, -0.2) is 6.29 Å². The molecule has 0 aromatic carbocycles. The molecule has 0 aliphatic heterocycles. The zero-order chi connectivity index (χ0) is 16.8. The van der Waals surface area contributed by atoms with Crippen LogP contribution in [0.3, 0.4) is 0 Å². The SMILES string of the molecule is CCCCCCCCC#CCCCCCCCCCCC[C]=O. The molecular formula is C22H39O. The van der Waals surface area contributed by atoms with Crippen LogP contribution in [0.15, 0.2) is 0 Å². The Hall–Kier alpha value is -0.770. The largest absolute Gasteiger partial charge is 0.291 e. The van der Waals surface area contributed by atoms with Crippen LogP contribution >= 0.6 is 0 Å². The van der Waals surface area contributed by atoms with Gasteiger partial charge < -0.3 is 0 Å². The quantitative estimate of drug-likeness (QED) is 0.206. The van der Waals surface area contributed by atoms with Crippen LogP contribution in [0, 0.1) is 11.8 Å². The van der Waals surface area contributed by atoms with Crippen LogP contribution in [-0.2, 0) is 4.79 Å². The molecule has 0 atom stereocenters. The molecule has 0 amide bonds. The molecule has 0 fully saturated rings. The molecule has 1 radical (unpaired) electrons. The van der Waals surface area contributed by atoms with Crippen molar-refractivity contribution in [3.05, 3.63) is 0 Å². The van der Waals surface area contributed by atoms with E-state index in [1.165, 1.54) is 89.9 Å². The number of unbranched alkanes of at least 4 members (excludes halogenated alkanes) is 16. The molecule has 0 aliphatic carbocycles. The molecule has 23 heavy (non-hydrogen) atoms. The minimum absolute atomic E-state index is 0.625. The summed E-state index contributed by atoms with van der Waals surface area (Å²) in [6.07, 6.45) is 24.5. The summed E-state index contributed by atoms with van der Waals surface area (Å²) in [7, 11) is 0. The van der Waals surface area contributed by atoms with Crippen LogP contribution in [0.1, 0.15) is 122 Å². The van der Waals surface area contributed by atoms with E-state index in [0.29, 0.717) is 6.42 Å². The topological polar surface area (TPSA) is 17.1 Å². The zero-order valence-corrected chi connectivity index (χ0v) is 15.6. The Balaban J connectivity index is 3.07. The Morgan fingerprint density at radius 1 is 0.478 bits per heavy atom. The maximum Gasteiger partial charge on any atom is 0.198 e. The number of hydrogen-bond acceptors (Lipinski definition) is 1. The molecule has 0 bridgehead atoms. The summed E-state index contributed by atoms with van der Waals surface area (Å²) in [6.45, 7) is 2.27. The first-order valence-electron chi connectivity index (χ1n) is 10.2. The second-order valence-electron chi connectivity index (χ2n) is 6.70. The molecule has 0 saturated carbocycles. The minimum atomic E-state index is 0.625. The molecule has 0 aromatic heterocycles. The van der Waals surface area contributed by atoms with Crippen molar-refractivity contribution in [2.24, 2.45) is 0 Å². The first-order valence-corrected chi connectivity index (χ1v) is 10.2. The Kier molecular flexibility index (Phi) is 20.5. The lowest BCUT2D eigenvalue weighted by molar-refractivity contribution is 0.537. The summed E-state index contributed by atoms with van der Waals surface area (Å²) in [6, 6.07) is 0. The Morgan fingerprint density at radius 2 is 0.826 bits per heavy atom. The van der Waals surface area contributed by atoms with Gasteiger partial charge in [-0.25, -0.2) is 0 Å². The van der Waals surface area contributed by atoms with Gasteiger partial charge >= 0.3 is 0 Å². The fourth-order valence-corrected chi connectivity index (χ4v) is 2.82. The lowest BCUT2D eigenvalue weighted by Crippen LogP contribution is -1.82. The van der Waals surface area contributed by atoms with Gasteiger partial charge in [0.2, 0.25) is 0 Å². The standard InChI is InChI=1S/C22H39O/c1-2-3-4-5-6-7-8-9-10-11-12-13-14-15-16-17-18-19-20-21-22-23/h2-8,11-21H2,1H3. The van der Waals surface area contributed by atoms with Gasteiger partial charge in [0.15, 0.2) is 6.29 Å². The molecule has 0 N–H and O–H groups in total. The van der Waals surface area contributed by atoms with Crippen LogP contribution in [0.2, 0.25) is 0 Å². The third-order valence-electron chi connectivity index (χ3n) is 4.36. The highest BCUT2D eigenvalue weighted by atomic mass is 16.1. The second-order valence-corrected chi connectivity index (χ2v) is 6.70. The van der Waals surface area contributed by atoms with Gasteiger partial charge in [-0.05, 0) is 19.3 Å². The predicted molar refractivity (Wildman–Crippen MR) is 102 cm³/mol. The Labute approximate surface area is 146 Å². The summed E-state index contributed by atoms with van der Waals surface area (Å²) in [5, 5.41) is 0. The highest BCUT2D eigenvalue weighted by molar-refractivity contribution is 5.50. The average Bonchev–Trinajstić information content (AvgIpc) is 2.57. The maximum absolute atomic E-state index is 10.1. The molecule has 1 nitrogen and oxygen atoms in total. The third kappa shape index (κ3) is 21.2. The summed E-state index contributed by atoms with van der Waals surface area (Å²) in [5.41, 5.74) is 0. The van der Waals surface area contributed by atoms with Crippen molar-refractivity contribution in [3.8, 4) is 11.8 Å². The maximum atomic E-state index is 10.1. The van der Waals surface area contributed by atoms with Crippen LogP contribution in [0.4, 0.5) is 0 Å². The van der Waals surface area contributed by atoms with Gasteiger partial charge in [0, 0.05) is 19.3 Å². The van der Waals surface area contributed by atoms with Gasteiger partial charge in [0.05, 0.1) is 0 Å². The van der Waals surface area contributed by atoms with Gasteiger partial charge in [0.1, 0.15) is 0 Å². The van der Waals surface area contributed by atoms with Crippen molar-refractivity contribution >= 4 is 6.29 Å².